The van der Waals surface area contributed by atoms with Crippen LogP contribution in [0, 0.1) is 0 Å². The molecule has 0 aromatic heterocycles. The normalized spacial score (nSPS) is 10.3. The first-order chi connectivity index (χ1) is 9.13. The number of halogens is 1. The molecular formula is C13H19ClN2O3. The van der Waals surface area contributed by atoms with E-state index in [4.69, 9.17) is 26.8 Å². The number of ether oxygens (including phenoxy) is 2. The highest BCUT2D eigenvalue weighted by Gasteiger charge is 2.08. The van der Waals surface area contributed by atoms with Crippen molar-refractivity contribution in [3.63, 3.8) is 0 Å². The molecule has 2 N–H and O–H groups in total. The highest BCUT2D eigenvalue weighted by molar-refractivity contribution is 6.30. The van der Waals surface area contributed by atoms with Crippen molar-refractivity contribution in [3.8, 4) is 5.75 Å². The van der Waals surface area contributed by atoms with Crippen LogP contribution in [0.25, 0.3) is 0 Å². The fourth-order valence-electron chi connectivity index (χ4n) is 1.33. The Hall–Kier alpha value is -1.30. The van der Waals surface area contributed by atoms with E-state index >= 15 is 0 Å². The molecule has 1 amide bonds. The van der Waals surface area contributed by atoms with Gasteiger partial charge in [0, 0.05) is 18.6 Å². The maximum Gasteiger partial charge on any atom is 0.248 e. The Kier molecular flexibility index (Phi) is 7.25. The summed E-state index contributed by atoms with van der Waals surface area (Å²) in [7, 11) is 1.70. The lowest BCUT2D eigenvalue weighted by atomic mass is 10.3. The average molecular weight is 287 g/mol. The summed E-state index contributed by atoms with van der Waals surface area (Å²) in [5, 5.41) is 0.622. The lowest BCUT2D eigenvalue weighted by molar-refractivity contribution is -0.135. The molecule has 0 unspecified atom stereocenters. The van der Waals surface area contributed by atoms with Crippen molar-refractivity contribution in [2.75, 3.05) is 40.0 Å². The topological polar surface area (TPSA) is 64.8 Å². The number of hydrogen-bond donors (Lipinski definition) is 1. The standard InChI is InChI=1S/C13H19ClN2O3/c1-16(13(17)10-18-7-5-15)6-8-19-12-4-2-3-11(14)9-12/h2-4,9H,5-8,10,15H2,1H3. The molecule has 0 aliphatic rings. The van der Waals surface area contributed by atoms with Crippen LogP contribution in [-0.4, -0.2) is 50.8 Å². The van der Waals surface area contributed by atoms with Crippen LogP contribution in [0.1, 0.15) is 0 Å². The highest BCUT2D eigenvalue weighted by Crippen LogP contribution is 2.16. The molecule has 0 aliphatic heterocycles. The molecule has 19 heavy (non-hydrogen) atoms. The molecule has 0 aliphatic carbocycles. The highest BCUT2D eigenvalue weighted by atomic mass is 35.5. The van der Waals surface area contributed by atoms with Crippen molar-refractivity contribution in [1.82, 2.24) is 4.90 Å². The molecule has 0 fully saturated rings. The molecule has 0 bridgehead atoms. The maximum absolute atomic E-state index is 11.6. The molecule has 6 heteroatoms. The van der Waals surface area contributed by atoms with Gasteiger partial charge in [-0.2, -0.15) is 0 Å². The molecule has 0 saturated heterocycles. The van der Waals surface area contributed by atoms with E-state index in [-0.39, 0.29) is 12.5 Å². The van der Waals surface area contributed by atoms with Gasteiger partial charge in [0.05, 0.1) is 13.2 Å². The Labute approximate surface area is 118 Å². The van der Waals surface area contributed by atoms with Crippen molar-refractivity contribution >= 4 is 17.5 Å². The Bertz CT molecular complexity index is 401. The molecule has 5 nitrogen and oxygen atoms in total. The van der Waals surface area contributed by atoms with Gasteiger partial charge in [0.1, 0.15) is 19.0 Å². The molecule has 1 aromatic rings. The van der Waals surface area contributed by atoms with Crippen molar-refractivity contribution in [2.24, 2.45) is 5.73 Å². The lowest BCUT2D eigenvalue weighted by Crippen LogP contribution is -2.34. The first-order valence-corrected chi connectivity index (χ1v) is 6.41. The second-order valence-corrected chi connectivity index (χ2v) is 4.40. The van der Waals surface area contributed by atoms with Crippen LogP contribution in [0.15, 0.2) is 24.3 Å². The summed E-state index contributed by atoms with van der Waals surface area (Å²) in [5.41, 5.74) is 5.27. The van der Waals surface area contributed by atoms with Crippen LogP contribution < -0.4 is 10.5 Å². The van der Waals surface area contributed by atoms with Gasteiger partial charge in [0.15, 0.2) is 0 Å². The Morgan fingerprint density at radius 3 is 2.89 bits per heavy atom. The van der Waals surface area contributed by atoms with Crippen molar-refractivity contribution < 1.29 is 14.3 Å². The van der Waals surface area contributed by atoms with Gasteiger partial charge >= 0.3 is 0 Å². The summed E-state index contributed by atoms with van der Waals surface area (Å²) in [6, 6.07) is 7.14. The van der Waals surface area contributed by atoms with E-state index in [1.165, 1.54) is 0 Å². The van der Waals surface area contributed by atoms with Crippen LogP contribution in [0.4, 0.5) is 0 Å². The number of nitrogens with two attached hydrogens (primary N) is 1. The van der Waals surface area contributed by atoms with E-state index in [1.807, 2.05) is 12.1 Å². The summed E-state index contributed by atoms with van der Waals surface area (Å²) in [6.07, 6.45) is 0. The molecule has 0 atom stereocenters. The van der Waals surface area contributed by atoms with Gasteiger partial charge in [-0.25, -0.2) is 0 Å². The minimum atomic E-state index is -0.0943. The number of hydrogen-bond acceptors (Lipinski definition) is 4. The van der Waals surface area contributed by atoms with Gasteiger partial charge in [-0.3, -0.25) is 4.79 Å². The van der Waals surface area contributed by atoms with Gasteiger partial charge in [-0.15, -0.1) is 0 Å². The zero-order valence-corrected chi connectivity index (χ0v) is 11.7. The number of carbonyl (C=O) groups is 1. The summed E-state index contributed by atoms with van der Waals surface area (Å²) in [6.45, 7) is 1.73. The molecule has 0 saturated carbocycles. The molecule has 0 radical (unpaired) electrons. The summed E-state index contributed by atoms with van der Waals surface area (Å²) >= 11 is 5.84. The second-order valence-electron chi connectivity index (χ2n) is 3.96. The number of likely N-dealkylation sites (N-methyl/N-ethyl adjacent to an activating group) is 1. The van der Waals surface area contributed by atoms with E-state index < -0.39 is 0 Å². The van der Waals surface area contributed by atoms with Crippen LogP contribution in [0.5, 0.6) is 5.75 Å². The van der Waals surface area contributed by atoms with Crippen molar-refractivity contribution in [3.05, 3.63) is 29.3 Å². The third kappa shape index (κ3) is 6.42. The summed E-state index contributed by atoms with van der Waals surface area (Å²) < 4.78 is 10.6. The molecule has 0 spiro atoms. The Balaban J connectivity index is 2.23. The van der Waals surface area contributed by atoms with E-state index in [0.717, 1.165) is 0 Å². The van der Waals surface area contributed by atoms with E-state index in [9.17, 15) is 4.79 Å². The Morgan fingerprint density at radius 1 is 1.42 bits per heavy atom. The fourth-order valence-corrected chi connectivity index (χ4v) is 1.52. The van der Waals surface area contributed by atoms with Gasteiger partial charge in [0.2, 0.25) is 5.91 Å². The van der Waals surface area contributed by atoms with E-state index in [2.05, 4.69) is 0 Å². The molecule has 1 rings (SSSR count). The number of nitrogens with zero attached hydrogens (tertiary/aromatic N) is 1. The molecular weight excluding hydrogens is 268 g/mol. The zero-order chi connectivity index (χ0) is 14.1. The largest absolute Gasteiger partial charge is 0.492 e. The average Bonchev–Trinajstić information content (AvgIpc) is 2.39. The van der Waals surface area contributed by atoms with Gasteiger partial charge in [-0.05, 0) is 18.2 Å². The number of benzene rings is 1. The first kappa shape index (κ1) is 15.8. The first-order valence-electron chi connectivity index (χ1n) is 6.03. The fraction of sp³-hybridized carbons (Fsp3) is 0.462. The van der Waals surface area contributed by atoms with E-state index in [1.54, 1.807) is 24.1 Å². The van der Waals surface area contributed by atoms with Crippen molar-refractivity contribution in [2.45, 2.75) is 0 Å². The SMILES string of the molecule is CN(CCOc1cccc(Cl)c1)C(=O)COCCN. The van der Waals surface area contributed by atoms with E-state index in [0.29, 0.717) is 37.1 Å². The minimum Gasteiger partial charge on any atom is -0.492 e. The third-order valence-electron chi connectivity index (χ3n) is 2.40. The zero-order valence-electron chi connectivity index (χ0n) is 11.0. The third-order valence-corrected chi connectivity index (χ3v) is 2.64. The lowest BCUT2D eigenvalue weighted by Gasteiger charge is -2.17. The van der Waals surface area contributed by atoms with Crippen molar-refractivity contribution in [1.29, 1.82) is 0 Å². The number of amides is 1. The van der Waals surface area contributed by atoms with Gasteiger partial charge in [0.25, 0.3) is 0 Å². The number of rotatable bonds is 8. The second kappa shape index (κ2) is 8.74. The van der Waals surface area contributed by atoms with Gasteiger partial charge in [-0.1, -0.05) is 17.7 Å². The predicted octanol–water partition coefficient (Wildman–Crippen LogP) is 1.15. The quantitative estimate of drug-likeness (QED) is 0.728. The van der Waals surface area contributed by atoms with Crippen LogP contribution in [-0.2, 0) is 9.53 Å². The molecule has 1 aromatic carbocycles. The van der Waals surface area contributed by atoms with Crippen LogP contribution in [0.3, 0.4) is 0 Å². The predicted molar refractivity (Wildman–Crippen MR) is 74.5 cm³/mol. The maximum atomic E-state index is 11.6. The Morgan fingerprint density at radius 2 is 2.21 bits per heavy atom. The van der Waals surface area contributed by atoms with Gasteiger partial charge < -0.3 is 20.1 Å². The smallest absolute Gasteiger partial charge is 0.248 e. The number of carbonyl (C=O) groups excluding carboxylic acids is 1. The summed E-state index contributed by atoms with van der Waals surface area (Å²) in [4.78, 5) is 13.2. The monoisotopic (exact) mass is 286 g/mol. The van der Waals surface area contributed by atoms with Crippen LogP contribution in [0.2, 0.25) is 5.02 Å². The molecule has 0 heterocycles. The van der Waals surface area contributed by atoms with Crippen LogP contribution >= 0.6 is 11.6 Å². The molecule has 106 valence electrons. The minimum absolute atomic E-state index is 0.0465. The summed E-state index contributed by atoms with van der Waals surface area (Å²) in [5.74, 6) is 0.593.